The van der Waals surface area contributed by atoms with Gasteiger partial charge < -0.3 is 0 Å². The zero-order valence-corrected chi connectivity index (χ0v) is 14.0. The second kappa shape index (κ2) is 6.91. The first-order valence-corrected chi connectivity index (χ1v) is 9.94. The number of hydrogen-bond acceptors (Lipinski definition) is 4. The smallest absolute Gasteiger partial charge is 0.218 e. The zero-order chi connectivity index (χ0) is 15.4. The number of hydrogen-bond donors (Lipinski definition) is 0. The molecule has 0 atom stereocenters. The van der Waals surface area contributed by atoms with Crippen LogP contribution in [0.2, 0.25) is 0 Å². The molecule has 0 aliphatic carbocycles. The summed E-state index contributed by atoms with van der Waals surface area (Å²) in [6.07, 6.45) is 0. The van der Waals surface area contributed by atoms with Crippen LogP contribution in [0, 0.1) is 0 Å². The third kappa shape index (κ3) is 3.95. The van der Waals surface area contributed by atoms with E-state index in [-0.39, 0.29) is 5.75 Å². The molecule has 3 rings (SSSR count). The molecule has 1 fully saturated rings. The molecule has 0 spiro atoms. The fourth-order valence-electron chi connectivity index (χ4n) is 2.68. The maximum atomic E-state index is 12.5. The normalized spacial score (nSPS) is 17.6. The molecule has 118 valence electrons. The lowest BCUT2D eigenvalue weighted by Gasteiger charge is -2.33. The first kappa shape index (κ1) is 15.7. The van der Waals surface area contributed by atoms with Gasteiger partial charge in [0.25, 0.3) is 0 Å². The molecule has 1 saturated heterocycles. The molecule has 22 heavy (non-hydrogen) atoms. The predicted molar refractivity (Wildman–Crippen MR) is 90.2 cm³/mol. The topological polar surface area (TPSA) is 40.6 Å². The van der Waals surface area contributed by atoms with Gasteiger partial charge in [-0.2, -0.15) is 15.6 Å². The summed E-state index contributed by atoms with van der Waals surface area (Å²) < 4.78 is 26.6. The quantitative estimate of drug-likeness (QED) is 0.842. The maximum Gasteiger partial charge on any atom is 0.218 e. The molecule has 2 aromatic rings. The Morgan fingerprint density at radius 3 is 2.32 bits per heavy atom. The Hall–Kier alpha value is -1.21. The van der Waals surface area contributed by atoms with E-state index in [2.05, 4.69) is 21.7 Å². The number of piperazine rings is 1. The highest BCUT2D eigenvalue weighted by molar-refractivity contribution is 7.88. The van der Waals surface area contributed by atoms with Gasteiger partial charge in [-0.15, -0.1) is 0 Å². The van der Waals surface area contributed by atoms with Crippen molar-refractivity contribution in [2.75, 3.05) is 26.2 Å². The highest BCUT2D eigenvalue weighted by atomic mass is 32.2. The van der Waals surface area contributed by atoms with Gasteiger partial charge in [-0.1, -0.05) is 30.3 Å². The highest BCUT2D eigenvalue weighted by Gasteiger charge is 2.26. The molecule has 2 heterocycles. The van der Waals surface area contributed by atoms with E-state index in [1.165, 1.54) is 5.56 Å². The van der Waals surface area contributed by atoms with Gasteiger partial charge in [0.05, 0.1) is 5.75 Å². The molecule has 0 saturated carbocycles. The average molecular weight is 336 g/mol. The van der Waals surface area contributed by atoms with Crippen molar-refractivity contribution < 1.29 is 8.42 Å². The van der Waals surface area contributed by atoms with Crippen LogP contribution in [0.5, 0.6) is 0 Å². The Balaban J connectivity index is 1.56. The van der Waals surface area contributed by atoms with Crippen LogP contribution in [-0.4, -0.2) is 43.8 Å². The number of sulfonamides is 1. The molecule has 0 radical (unpaired) electrons. The lowest BCUT2D eigenvalue weighted by atomic mass is 10.2. The molecule has 0 unspecified atom stereocenters. The third-order valence-corrected chi connectivity index (χ3v) is 6.48. The minimum atomic E-state index is -3.21. The Kier molecular flexibility index (Phi) is 4.93. The first-order chi connectivity index (χ1) is 10.6. The summed E-state index contributed by atoms with van der Waals surface area (Å²) in [6.45, 7) is 3.67. The van der Waals surface area contributed by atoms with Crippen LogP contribution < -0.4 is 0 Å². The van der Waals surface area contributed by atoms with Crippen molar-refractivity contribution in [2.24, 2.45) is 0 Å². The minimum Gasteiger partial charge on any atom is -0.296 e. The molecule has 0 bridgehead atoms. The van der Waals surface area contributed by atoms with Crippen molar-refractivity contribution in [3.63, 3.8) is 0 Å². The molecule has 1 aromatic carbocycles. The van der Waals surface area contributed by atoms with E-state index in [0.29, 0.717) is 13.1 Å². The molecule has 1 aliphatic rings. The average Bonchev–Trinajstić information content (AvgIpc) is 3.01. The summed E-state index contributed by atoms with van der Waals surface area (Å²) in [5.41, 5.74) is 2.16. The van der Waals surface area contributed by atoms with Gasteiger partial charge in [-0.25, -0.2) is 8.42 Å². The summed E-state index contributed by atoms with van der Waals surface area (Å²) >= 11 is 1.70. The summed E-state index contributed by atoms with van der Waals surface area (Å²) in [5, 5.41) is 4.23. The Labute approximate surface area is 136 Å². The van der Waals surface area contributed by atoms with Crippen molar-refractivity contribution in [3.8, 4) is 0 Å². The lowest BCUT2D eigenvalue weighted by Crippen LogP contribution is -2.48. The largest absolute Gasteiger partial charge is 0.296 e. The van der Waals surface area contributed by atoms with Crippen molar-refractivity contribution in [1.29, 1.82) is 0 Å². The van der Waals surface area contributed by atoms with Gasteiger partial charge in [0, 0.05) is 32.7 Å². The van der Waals surface area contributed by atoms with Crippen LogP contribution >= 0.6 is 11.3 Å². The zero-order valence-electron chi connectivity index (χ0n) is 12.4. The molecule has 0 N–H and O–H groups in total. The number of thiophene rings is 1. The number of nitrogens with zero attached hydrogens (tertiary/aromatic N) is 2. The number of benzene rings is 1. The summed E-state index contributed by atoms with van der Waals surface area (Å²) in [6, 6.07) is 11.5. The van der Waals surface area contributed by atoms with Crippen LogP contribution in [0.25, 0.3) is 0 Å². The molecule has 0 amide bonds. The number of rotatable bonds is 5. The van der Waals surface area contributed by atoms with E-state index in [1.54, 1.807) is 15.6 Å². The molecular formula is C16H20N2O2S2. The van der Waals surface area contributed by atoms with Crippen molar-refractivity contribution >= 4 is 21.4 Å². The van der Waals surface area contributed by atoms with Crippen LogP contribution in [0.15, 0.2) is 47.2 Å². The standard InChI is InChI=1S/C16H20N2O2S2/c19-22(20,14-15-4-2-1-3-5-15)18-9-7-17(8-10-18)12-16-6-11-21-13-16/h1-6,11,13H,7-10,12,14H2. The van der Waals surface area contributed by atoms with Gasteiger partial charge in [-0.3, -0.25) is 4.90 Å². The first-order valence-electron chi connectivity index (χ1n) is 7.39. The van der Waals surface area contributed by atoms with E-state index in [0.717, 1.165) is 25.2 Å². The van der Waals surface area contributed by atoms with Crippen LogP contribution in [0.3, 0.4) is 0 Å². The fraction of sp³-hybridized carbons (Fsp3) is 0.375. The predicted octanol–water partition coefficient (Wildman–Crippen LogP) is 2.40. The lowest BCUT2D eigenvalue weighted by molar-refractivity contribution is 0.181. The third-order valence-electron chi connectivity index (χ3n) is 3.90. The van der Waals surface area contributed by atoms with E-state index in [4.69, 9.17) is 0 Å². The Morgan fingerprint density at radius 1 is 0.955 bits per heavy atom. The summed E-state index contributed by atoms with van der Waals surface area (Å²) in [7, 11) is -3.21. The van der Waals surface area contributed by atoms with Gasteiger partial charge in [0.15, 0.2) is 0 Å². The second-order valence-corrected chi connectivity index (χ2v) is 8.30. The van der Waals surface area contributed by atoms with Gasteiger partial charge in [0.2, 0.25) is 10.0 Å². The van der Waals surface area contributed by atoms with Gasteiger partial charge in [-0.05, 0) is 28.0 Å². The van der Waals surface area contributed by atoms with E-state index < -0.39 is 10.0 Å². The van der Waals surface area contributed by atoms with Crippen molar-refractivity contribution in [1.82, 2.24) is 9.21 Å². The molecule has 4 nitrogen and oxygen atoms in total. The molecule has 1 aliphatic heterocycles. The molecule has 6 heteroatoms. The van der Waals surface area contributed by atoms with Crippen LogP contribution in [0.4, 0.5) is 0 Å². The van der Waals surface area contributed by atoms with Crippen LogP contribution in [0.1, 0.15) is 11.1 Å². The second-order valence-electron chi connectivity index (χ2n) is 5.55. The van der Waals surface area contributed by atoms with Crippen molar-refractivity contribution in [2.45, 2.75) is 12.3 Å². The summed E-state index contributed by atoms with van der Waals surface area (Å²) in [4.78, 5) is 2.32. The van der Waals surface area contributed by atoms with Gasteiger partial charge in [0.1, 0.15) is 0 Å². The summed E-state index contributed by atoms with van der Waals surface area (Å²) in [5.74, 6) is 0.0956. The SMILES string of the molecule is O=S(=O)(Cc1ccccc1)N1CCN(Cc2ccsc2)CC1. The van der Waals surface area contributed by atoms with Crippen LogP contribution in [-0.2, 0) is 22.3 Å². The fourth-order valence-corrected chi connectivity index (χ4v) is 4.86. The minimum absolute atomic E-state index is 0.0956. The van der Waals surface area contributed by atoms with E-state index in [9.17, 15) is 8.42 Å². The molecule has 1 aromatic heterocycles. The monoisotopic (exact) mass is 336 g/mol. The van der Waals surface area contributed by atoms with E-state index >= 15 is 0 Å². The van der Waals surface area contributed by atoms with Gasteiger partial charge >= 0.3 is 0 Å². The molecular weight excluding hydrogens is 316 g/mol. The van der Waals surface area contributed by atoms with E-state index in [1.807, 2.05) is 30.3 Å². The highest BCUT2D eigenvalue weighted by Crippen LogP contribution is 2.16. The van der Waals surface area contributed by atoms with Crippen molar-refractivity contribution in [3.05, 3.63) is 58.3 Å². The Morgan fingerprint density at radius 2 is 1.68 bits per heavy atom. The maximum absolute atomic E-state index is 12.5. The Bertz CT molecular complexity index is 676.